The minimum atomic E-state index is -0.116. The average molecular weight is 372 g/mol. The fourth-order valence-corrected chi connectivity index (χ4v) is 3.17. The van der Waals surface area contributed by atoms with Crippen LogP contribution >= 0.6 is 0 Å². The lowest BCUT2D eigenvalue weighted by Gasteiger charge is -2.13. The Morgan fingerprint density at radius 2 is 2.04 bits per heavy atom. The third-order valence-corrected chi connectivity index (χ3v) is 4.63. The largest absolute Gasteiger partial charge is 0.454 e. The van der Waals surface area contributed by atoms with Crippen molar-refractivity contribution in [1.82, 2.24) is 14.9 Å². The molecule has 0 saturated carbocycles. The Balaban J connectivity index is 1.85. The highest BCUT2D eigenvalue weighted by atomic mass is 16.7. The minimum absolute atomic E-state index is 0.116. The molecule has 2 aromatic rings. The van der Waals surface area contributed by atoms with Crippen LogP contribution in [0.25, 0.3) is 0 Å². The molecule has 2 heterocycles. The molecule has 1 aliphatic heterocycles. The third-order valence-electron chi connectivity index (χ3n) is 4.63. The SMILES string of the molecule is Cc1cc2c(cc1Cc1nc(C(=N)N)c(N)n1CCCNC(C)C)OCO2. The summed E-state index contributed by atoms with van der Waals surface area (Å²) in [5, 5.41) is 11.2. The van der Waals surface area contributed by atoms with Gasteiger partial charge in [0.05, 0.1) is 0 Å². The van der Waals surface area contributed by atoms with Gasteiger partial charge in [0.15, 0.2) is 11.5 Å². The van der Waals surface area contributed by atoms with Gasteiger partial charge in [0.25, 0.3) is 0 Å². The number of nitrogens with two attached hydrogens (primary N) is 2. The second-order valence-corrected chi connectivity index (χ2v) is 7.10. The molecule has 3 rings (SSSR count). The van der Waals surface area contributed by atoms with Crippen molar-refractivity contribution in [2.45, 2.75) is 46.2 Å². The van der Waals surface area contributed by atoms with Crippen molar-refractivity contribution in [3.05, 3.63) is 34.8 Å². The highest BCUT2D eigenvalue weighted by molar-refractivity contribution is 5.97. The minimum Gasteiger partial charge on any atom is -0.454 e. The molecule has 0 aliphatic carbocycles. The zero-order chi connectivity index (χ0) is 19.6. The maximum absolute atomic E-state index is 7.75. The van der Waals surface area contributed by atoms with Gasteiger partial charge in [0.2, 0.25) is 6.79 Å². The van der Waals surface area contributed by atoms with Crippen molar-refractivity contribution in [2.75, 3.05) is 19.1 Å². The summed E-state index contributed by atoms with van der Waals surface area (Å²) in [6, 6.07) is 4.40. The molecular formula is C19H28N6O2. The lowest BCUT2D eigenvalue weighted by atomic mass is 10.0. The van der Waals surface area contributed by atoms with Crippen molar-refractivity contribution in [3.63, 3.8) is 0 Å². The zero-order valence-corrected chi connectivity index (χ0v) is 16.1. The van der Waals surface area contributed by atoms with E-state index in [1.54, 1.807) is 0 Å². The predicted octanol–water partition coefficient (Wildman–Crippen LogP) is 1.77. The number of nitrogens with one attached hydrogen (secondary N) is 2. The molecule has 0 radical (unpaired) electrons. The van der Waals surface area contributed by atoms with Crippen LogP contribution in [0.3, 0.4) is 0 Å². The van der Waals surface area contributed by atoms with E-state index in [9.17, 15) is 0 Å². The second-order valence-electron chi connectivity index (χ2n) is 7.10. The number of hydrogen-bond acceptors (Lipinski definition) is 6. The molecule has 146 valence electrons. The summed E-state index contributed by atoms with van der Waals surface area (Å²) in [7, 11) is 0. The van der Waals surface area contributed by atoms with Crippen molar-refractivity contribution >= 4 is 11.7 Å². The van der Waals surface area contributed by atoms with Crippen LogP contribution < -0.4 is 26.3 Å². The second kappa shape index (κ2) is 7.87. The molecule has 27 heavy (non-hydrogen) atoms. The van der Waals surface area contributed by atoms with Crippen molar-refractivity contribution in [3.8, 4) is 11.5 Å². The number of ether oxygens (including phenoxy) is 2. The van der Waals surface area contributed by atoms with Gasteiger partial charge in [-0.1, -0.05) is 13.8 Å². The summed E-state index contributed by atoms with van der Waals surface area (Å²) in [5.74, 6) is 2.64. The molecule has 1 aliphatic rings. The first-order valence-corrected chi connectivity index (χ1v) is 9.18. The normalized spacial score (nSPS) is 12.7. The maximum Gasteiger partial charge on any atom is 0.231 e. The van der Waals surface area contributed by atoms with Gasteiger partial charge < -0.3 is 30.8 Å². The predicted molar refractivity (Wildman–Crippen MR) is 106 cm³/mol. The van der Waals surface area contributed by atoms with Crippen LogP contribution in [0.1, 0.15) is 42.9 Å². The molecule has 6 N–H and O–H groups in total. The number of hydrogen-bond donors (Lipinski definition) is 4. The summed E-state index contributed by atoms with van der Waals surface area (Å²) in [6.45, 7) is 8.11. The Kier molecular flexibility index (Phi) is 5.55. The number of nitrogen functional groups attached to an aromatic ring is 2. The molecule has 0 amide bonds. The first-order chi connectivity index (χ1) is 12.9. The average Bonchev–Trinajstić information content (AvgIpc) is 3.16. The van der Waals surface area contributed by atoms with Gasteiger partial charge in [-0.2, -0.15) is 0 Å². The highest BCUT2D eigenvalue weighted by Gasteiger charge is 2.20. The number of imidazole rings is 1. The molecule has 8 heteroatoms. The van der Waals surface area contributed by atoms with Crippen LogP contribution in [0.5, 0.6) is 11.5 Å². The topological polar surface area (TPSA) is 124 Å². The van der Waals surface area contributed by atoms with E-state index in [-0.39, 0.29) is 12.6 Å². The van der Waals surface area contributed by atoms with E-state index in [4.69, 9.17) is 26.4 Å². The number of rotatable bonds is 8. The van der Waals surface area contributed by atoms with Crippen molar-refractivity contribution in [1.29, 1.82) is 5.41 Å². The first kappa shape index (κ1) is 19.0. The first-order valence-electron chi connectivity index (χ1n) is 9.18. The molecule has 0 unspecified atom stereocenters. The molecule has 0 bridgehead atoms. The lowest BCUT2D eigenvalue weighted by molar-refractivity contribution is 0.174. The van der Waals surface area contributed by atoms with E-state index in [0.29, 0.717) is 30.5 Å². The smallest absolute Gasteiger partial charge is 0.231 e. The van der Waals surface area contributed by atoms with Crippen LogP contribution in [0, 0.1) is 12.3 Å². The highest BCUT2D eigenvalue weighted by Crippen LogP contribution is 2.35. The van der Waals surface area contributed by atoms with E-state index >= 15 is 0 Å². The van der Waals surface area contributed by atoms with Gasteiger partial charge >= 0.3 is 0 Å². The van der Waals surface area contributed by atoms with Crippen LogP contribution in [0.4, 0.5) is 5.82 Å². The van der Waals surface area contributed by atoms with Gasteiger partial charge in [-0.25, -0.2) is 4.98 Å². The van der Waals surface area contributed by atoms with Crippen LogP contribution in [-0.2, 0) is 13.0 Å². The zero-order valence-electron chi connectivity index (χ0n) is 16.1. The van der Waals surface area contributed by atoms with Crippen molar-refractivity contribution in [2.24, 2.45) is 5.73 Å². The van der Waals surface area contributed by atoms with Gasteiger partial charge in [-0.3, -0.25) is 5.41 Å². The molecule has 8 nitrogen and oxygen atoms in total. The van der Waals surface area contributed by atoms with Gasteiger partial charge in [0, 0.05) is 19.0 Å². The lowest BCUT2D eigenvalue weighted by Crippen LogP contribution is -2.25. The Morgan fingerprint density at radius 1 is 1.33 bits per heavy atom. The number of anilines is 1. The van der Waals surface area contributed by atoms with E-state index in [1.165, 1.54) is 0 Å². The van der Waals surface area contributed by atoms with Gasteiger partial charge in [0.1, 0.15) is 23.2 Å². The third kappa shape index (κ3) is 4.16. The molecule has 0 spiro atoms. The number of benzene rings is 1. The number of aromatic nitrogens is 2. The number of fused-ring (bicyclic) bond motifs is 1. The summed E-state index contributed by atoms with van der Waals surface area (Å²) >= 11 is 0. The van der Waals surface area contributed by atoms with E-state index in [2.05, 4.69) is 24.1 Å². The Labute approximate surface area is 159 Å². The van der Waals surface area contributed by atoms with Crippen molar-refractivity contribution < 1.29 is 9.47 Å². The quantitative estimate of drug-likeness (QED) is 0.318. The Bertz CT molecular complexity index is 843. The summed E-state index contributed by atoms with van der Waals surface area (Å²) in [5.41, 5.74) is 14.4. The molecule has 1 aromatic carbocycles. The Hall–Kier alpha value is -2.74. The number of amidine groups is 1. The fraction of sp³-hybridized carbons (Fsp3) is 0.474. The summed E-state index contributed by atoms with van der Waals surface area (Å²) < 4.78 is 12.9. The van der Waals surface area contributed by atoms with E-state index in [1.807, 2.05) is 23.6 Å². The van der Waals surface area contributed by atoms with E-state index in [0.717, 1.165) is 41.4 Å². The molecular weight excluding hydrogens is 344 g/mol. The molecule has 0 fully saturated rings. The number of aryl methyl sites for hydroxylation is 1. The molecule has 1 aromatic heterocycles. The van der Waals surface area contributed by atoms with Crippen LogP contribution in [-0.4, -0.2) is 34.8 Å². The van der Waals surface area contributed by atoms with Crippen LogP contribution in [0.15, 0.2) is 12.1 Å². The molecule has 0 saturated heterocycles. The summed E-state index contributed by atoms with van der Waals surface area (Å²) in [6.07, 6.45) is 1.49. The fourth-order valence-electron chi connectivity index (χ4n) is 3.17. The monoisotopic (exact) mass is 372 g/mol. The standard InChI is InChI=1S/C19H28N6O2/c1-11(2)23-5-4-6-25-16(24-17(18(20)21)19(25)22)9-13-8-15-14(7-12(13)3)26-10-27-15/h7-8,11,23H,4-6,9-10,22H2,1-3H3,(H3,20,21). The Morgan fingerprint density at radius 3 is 2.70 bits per heavy atom. The van der Waals surface area contributed by atoms with Gasteiger partial charge in [-0.05, 0) is 43.1 Å². The number of nitrogens with zero attached hydrogens (tertiary/aromatic N) is 2. The summed E-state index contributed by atoms with van der Waals surface area (Å²) in [4.78, 5) is 4.55. The maximum atomic E-state index is 7.75. The van der Waals surface area contributed by atoms with Gasteiger partial charge in [-0.15, -0.1) is 0 Å². The molecule has 0 atom stereocenters. The van der Waals surface area contributed by atoms with Crippen LogP contribution in [0.2, 0.25) is 0 Å². The van der Waals surface area contributed by atoms with E-state index < -0.39 is 0 Å².